The van der Waals surface area contributed by atoms with Crippen molar-refractivity contribution < 1.29 is 9.90 Å². The maximum atomic E-state index is 10.4. The first-order valence-corrected chi connectivity index (χ1v) is 5.99. The highest BCUT2D eigenvalue weighted by Gasteiger charge is 1.97. The van der Waals surface area contributed by atoms with E-state index in [1.54, 1.807) is 6.08 Å². The van der Waals surface area contributed by atoms with Crippen LogP contribution in [0.3, 0.4) is 0 Å². The molecular formula is C16H15NO2. The average molecular weight is 253 g/mol. The van der Waals surface area contributed by atoms with Gasteiger partial charge in [0, 0.05) is 17.5 Å². The Balaban J connectivity index is 2.11. The predicted molar refractivity (Wildman–Crippen MR) is 77.6 cm³/mol. The number of hydrogen-bond donors (Lipinski definition) is 2. The van der Waals surface area contributed by atoms with Gasteiger partial charge in [0.05, 0.1) is 0 Å². The third kappa shape index (κ3) is 3.71. The van der Waals surface area contributed by atoms with E-state index in [0.717, 1.165) is 23.0 Å². The van der Waals surface area contributed by atoms with Crippen LogP contribution in [0.4, 0.5) is 11.4 Å². The minimum absolute atomic E-state index is 0.859. The topological polar surface area (TPSA) is 49.3 Å². The van der Waals surface area contributed by atoms with E-state index >= 15 is 0 Å². The summed E-state index contributed by atoms with van der Waals surface area (Å²) in [7, 11) is 0. The van der Waals surface area contributed by atoms with Crippen LogP contribution in [0.25, 0.3) is 6.08 Å². The van der Waals surface area contributed by atoms with E-state index in [-0.39, 0.29) is 0 Å². The van der Waals surface area contributed by atoms with Crippen LogP contribution in [-0.2, 0) is 4.79 Å². The van der Waals surface area contributed by atoms with Crippen LogP contribution < -0.4 is 5.32 Å². The molecule has 0 aromatic heterocycles. The summed E-state index contributed by atoms with van der Waals surface area (Å²) in [6, 6.07) is 15.7. The van der Waals surface area contributed by atoms with E-state index in [4.69, 9.17) is 5.11 Å². The van der Waals surface area contributed by atoms with Gasteiger partial charge in [-0.3, -0.25) is 0 Å². The molecule has 0 aliphatic heterocycles. The van der Waals surface area contributed by atoms with E-state index in [0.29, 0.717) is 0 Å². The fraction of sp³-hybridized carbons (Fsp3) is 0.0625. The number of hydrogen-bond acceptors (Lipinski definition) is 2. The molecule has 0 heterocycles. The second-order valence-electron chi connectivity index (χ2n) is 4.23. The Morgan fingerprint density at radius 1 is 1.11 bits per heavy atom. The van der Waals surface area contributed by atoms with Gasteiger partial charge in [-0.15, -0.1) is 0 Å². The zero-order chi connectivity index (χ0) is 13.7. The summed E-state index contributed by atoms with van der Waals surface area (Å²) in [5.74, 6) is -0.942. The molecule has 2 aromatic rings. The van der Waals surface area contributed by atoms with Gasteiger partial charge in [0.15, 0.2) is 0 Å². The van der Waals surface area contributed by atoms with Gasteiger partial charge in [0.25, 0.3) is 0 Å². The van der Waals surface area contributed by atoms with Crippen molar-refractivity contribution in [1.29, 1.82) is 0 Å². The van der Waals surface area contributed by atoms with Gasteiger partial charge >= 0.3 is 5.97 Å². The first-order valence-electron chi connectivity index (χ1n) is 5.99. The minimum atomic E-state index is -0.942. The summed E-state index contributed by atoms with van der Waals surface area (Å²) in [6.45, 7) is 2.05. The van der Waals surface area contributed by atoms with Crippen LogP contribution in [0.15, 0.2) is 54.6 Å². The molecule has 0 saturated carbocycles. The van der Waals surface area contributed by atoms with Gasteiger partial charge in [0.2, 0.25) is 0 Å². The zero-order valence-corrected chi connectivity index (χ0v) is 10.6. The average Bonchev–Trinajstić information content (AvgIpc) is 2.40. The predicted octanol–water partition coefficient (Wildman–Crippen LogP) is 3.84. The van der Waals surface area contributed by atoms with Crippen molar-refractivity contribution in [2.75, 3.05) is 5.32 Å². The molecule has 0 bridgehead atoms. The van der Waals surface area contributed by atoms with Gasteiger partial charge in [0.1, 0.15) is 0 Å². The monoisotopic (exact) mass is 253 g/mol. The molecule has 2 N–H and O–H groups in total. The summed E-state index contributed by atoms with van der Waals surface area (Å²) in [4.78, 5) is 10.4. The molecule has 0 spiro atoms. The number of benzene rings is 2. The molecule has 96 valence electrons. The standard InChI is InChI=1S/C16H15NO2/c1-12-4-2-3-5-15(12)17-14-9-6-13(7-10-14)8-11-16(18)19/h2-11,17H,1H3,(H,18,19). The molecule has 0 saturated heterocycles. The molecule has 2 aromatic carbocycles. The number of para-hydroxylation sites is 1. The Morgan fingerprint density at radius 2 is 1.79 bits per heavy atom. The number of carbonyl (C=O) groups is 1. The number of aliphatic carboxylic acids is 1. The highest BCUT2D eigenvalue weighted by Crippen LogP contribution is 2.20. The summed E-state index contributed by atoms with van der Waals surface area (Å²) >= 11 is 0. The van der Waals surface area contributed by atoms with Gasteiger partial charge in [-0.25, -0.2) is 4.79 Å². The first-order chi connectivity index (χ1) is 9.15. The maximum Gasteiger partial charge on any atom is 0.328 e. The lowest BCUT2D eigenvalue weighted by atomic mass is 10.1. The summed E-state index contributed by atoms with van der Waals surface area (Å²) in [5, 5.41) is 11.9. The maximum absolute atomic E-state index is 10.4. The van der Waals surface area contributed by atoms with E-state index in [9.17, 15) is 4.79 Å². The highest BCUT2D eigenvalue weighted by atomic mass is 16.4. The largest absolute Gasteiger partial charge is 0.478 e. The lowest BCUT2D eigenvalue weighted by Gasteiger charge is -2.09. The Morgan fingerprint density at radius 3 is 2.42 bits per heavy atom. The number of carboxylic acid groups (broad SMARTS) is 1. The van der Waals surface area contributed by atoms with E-state index in [1.807, 2.05) is 55.5 Å². The Labute approximate surface area is 112 Å². The molecular weight excluding hydrogens is 238 g/mol. The lowest BCUT2D eigenvalue weighted by Crippen LogP contribution is -1.92. The van der Waals surface area contributed by atoms with Gasteiger partial charge in [-0.1, -0.05) is 30.3 Å². The lowest BCUT2D eigenvalue weighted by molar-refractivity contribution is -0.131. The van der Waals surface area contributed by atoms with Crippen LogP contribution in [0.1, 0.15) is 11.1 Å². The number of aryl methyl sites for hydroxylation is 1. The molecule has 0 fully saturated rings. The van der Waals surface area contributed by atoms with E-state index in [1.165, 1.54) is 5.56 Å². The third-order valence-electron chi connectivity index (χ3n) is 2.75. The normalized spacial score (nSPS) is 10.6. The minimum Gasteiger partial charge on any atom is -0.478 e. The smallest absolute Gasteiger partial charge is 0.328 e. The number of nitrogens with one attached hydrogen (secondary N) is 1. The third-order valence-corrected chi connectivity index (χ3v) is 2.75. The molecule has 3 heteroatoms. The fourth-order valence-corrected chi connectivity index (χ4v) is 1.71. The summed E-state index contributed by atoms with van der Waals surface area (Å²) in [5.41, 5.74) is 4.08. The first kappa shape index (κ1) is 12.9. The number of carboxylic acids is 1. The molecule has 19 heavy (non-hydrogen) atoms. The van der Waals surface area contributed by atoms with Gasteiger partial charge < -0.3 is 10.4 Å². The van der Waals surface area contributed by atoms with Gasteiger partial charge in [-0.2, -0.15) is 0 Å². The Kier molecular flexibility index (Phi) is 3.98. The van der Waals surface area contributed by atoms with Crippen LogP contribution in [0, 0.1) is 6.92 Å². The molecule has 0 radical (unpaired) electrons. The summed E-state index contributed by atoms with van der Waals surface area (Å²) < 4.78 is 0. The van der Waals surface area contributed by atoms with Gasteiger partial charge in [-0.05, 0) is 42.3 Å². The number of rotatable bonds is 4. The van der Waals surface area contributed by atoms with Crippen LogP contribution in [0.5, 0.6) is 0 Å². The molecule has 0 unspecified atom stereocenters. The van der Waals surface area contributed by atoms with Crippen molar-refractivity contribution in [3.05, 3.63) is 65.7 Å². The van der Waals surface area contributed by atoms with Crippen molar-refractivity contribution in [2.45, 2.75) is 6.92 Å². The van der Waals surface area contributed by atoms with E-state index < -0.39 is 5.97 Å². The second kappa shape index (κ2) is 5.87. The van der Waals surface area contributed by atoms with Crippen molar-refractivity contribution in [1.82, 2.24) is 0 Å². The molecule has 0 atom stereocenters. The van der Waals surface area contributed by atoms with Crippen LogP contribution in [0.2, 0.25) is 0 Å². The Bertz CT molecular complexity index is 600. The van der Waals surface area contributed by atoms with E-state index in [2.05, 4.69) is 5.32 Å². The summed E-state index contributed by atoms with van der Waals surface area (Å²) in [6.07, 6.45) is 2.70. The molecule has 0 aliphatic carbocycles. The fourth-order valence-electron chi connectivity index (χ4n) is 1.71. The Hall–Kier alpha value is -2.55. The quantitative estimate of drug-likeness (QED) is 0.814. The second-order valence-corrected chi connectivity index (χ2v) is 4.23. The molecule has 2 rings (SSSR count). The van der Waals surface area contributed by atoms with Crippen molar-refractivity contribution >= 4 is 23.4 Å². The van der Waals surface area contributed by atoms with Crippen molar-refractivity contribution in [2.24, 2.45) is 0 Å². The molecule has 0 amide bonds. The number of anilines is 2. The van der Waals surface area contributed by atoms with Crippen LogP contribution in [-0.4, -0.2) is 11.1 Å². The molecule has 0 aliphatic rings. The van der Waals surface area contributed by atoms with Crippen molar-refractivity contribution in [3.8, 4) is 0 Å². The molecule has 3 nitrogen and oxygen atoms in total. The van der Waals surface area contributed by atoms with Crippen molar-refractivity contribution in [3.63, 3.8) is 0 Å². The highest BCUT2D eigenvalue weighted by molar-refractivity contribution is 5.85. The van der Waals surface area contributed by atoms with Crippen LogP contribution >= 0.6 is 0 Å². The SMILES string of the molecule is Cc1ccccc1Nc1ccc(C=CC(=O)O)cc1. The zero-order valence-electron chi connectivity index (χ0n) is 10.6.